The molecule has 3 aromatic rings. The smallest absolute Gasteiger partial charge is 0.127 e. The number of para-hydroxylation sites is 2. The quantitative estimate of drug-likeness (QED) is 0.742. The topological polar surface area (TPSA) is 67.6 Å². The lowest BCUT2D eigenvalue weighted by atomic mass is 10.1. The van der Waals surface area contributed by atoms with Gasteiger partial charge in [-0.3, -0.25) is 0 Å². The van der Waals surface area contributed by atoms with Gasteiger partial charge in [0.1, 0.15) is 5.82 Å². The molecule has 1 atom stereocenters. The molecule has 1 unspecified atom stereocenters. The largest absolute Gasteiger partial charge is 0.322 e. The van der Waals surface area contributed by atoms with Crippen molar-refractivity contribution in [1.82, 2.24) is 9.55 Å². The number of hydrogen-bond donors (Lipinski definition) is 1. The highest BCUT2D eigenvalue weighted by molar-refractivity contribution is 5.76. The number of hydrogen-bond acceptors (Lipinski definition) is 3. The fourth-order valence-corrected chi connectivity index (χ4v) is 3.03. The Labute approximate surface area is 142 Å². The van der Waals surface area contributed by atoms with Crippen LogP contribution in [0.2, 0.25) is 0 Å². The van der Waals surface area contributed by atoms with E-state index in [0.717, 1.165) is 41.7 Å². The summed E-state index contributed by atoms with van der Waals surface area (Å²) in [6.07, 6.45) is 3.12. The Morgan fingerprint density at radius 1 is 1.17 bits per heavy atom. The minimum absolute atomic E-state index is 0.0911. The predicted molar refractivity (Wildman–Crippen MR) is 96.4 cm³/mol. The molecule has 0 radical (unpaired) electrons. The van der Waals surface area contributed by atoms with Crippen molar-refractivity contribution in [1.29, 1.82) is 5.26 Å². The maximum atomic E-state index is 9.36. The van der Waals surface area contributed by atoms with Crippen LogP contribution in [0.1, 0.15) is 49.2 Å². The number of nitrogens with two attached hydrogens (primary N) is 1. The molecule has 2 aromatic carbocycles. The molecule has 0 saturated carbocycles. The summed E-state index contributed by atoms with van der Waals surface area (Å²) in [7, 11) is 0. The van der Waals surface area contributed by atoms with Gasteiger partial charge < -0.3 is 10.3 Å². The van der Waals surface area contributed by atoms with Crippen molar-refractivity contribution in [2.45, 2.75) is 38.8 Å². The van der Waals surface area contributed by atoms with Gasteiger partial charge in [0.15, 0.2) is 0 Å². The summed E-state index contributed by atoms with van der Waals surface area (Å²) in [6, 6.07) is 18.0. The van der Waals surface area contributed by atoms with Gasteiger partial charge >= 0.3 is 0 Å². The van der Waals surface area contributed by atoms with Crippen LogP contribution < -0.4 is 5.73 Å². The van der Waals surface area contributed by atoms with E-state index in [9.17, 15) is 5.26 Å². The van der Waals surface area contributed by atoms with E-state index >= 15 is 0 Å². The highest BCUT2D eigenvalue weighted by Gasteiger charge is 2.17. The average molecular weight is 318 g/mol. The van der Waals surface area contributed by atoms with Gasteiger partial charge in [-0.25, -0.2) is 4.98 Å². The van der Waals surface area contributed by atoms with E-state index in [4.69, 9.17) is 10.7 Å². The molecule has 24 heavy (non-hydrogen) atoms. The molecule has 1 heterocycles. The molecular formula is C20H22N4. The summed E-state index contributed by atoms with van der Waals surface area (Å²) in [4.78, 5) is 4.77. The van der Waals surface area contributed by atoms with Crippen LogP contribution in [-0.4, -0.2) is 9.55 Å². The maximum Gasteiger partial charge on any atom is 0.127 e. The number of unbranched alkanes of at least 4 members (excludes halogenated alkanes) is 1. The fraction of sp³-hybridized carbons (Fsp3) is 0.300. The number of benzene rings is 2. The second-order valence-electron chi connectivity index (χ2n) is 6.06. The first-order chi connectivity index (χ1) is 11.7. The minimum atomic E-state index is -0.0911. The first kappa shape index (κ1) is 16.2. The van der Waals surface area contributed by atoms with Gasteiger partial charge in [-0.2, -0.15) is 5.26 Å². The molecule has 4 nitrogen and oxygen atoms in total. The van der Waals surface area contributed by atoms with Crippen LogP contribution in [-0.2, 0) is 6.54 Å². The molecule has 4 heteroatoms. The van der Waals surface area contributed by atoms with Crippen LogP contribution in [0.25, 0.3) is 11.0 Å². The lowest BCUT2D eigenvalue weighted by Crippen LogP contribution is -2.17. The van der Waals surface area contributed by atoms with Crippen LogP contribution in [0.4, 0.5) is 0 Å². The van der Waals surface area contributed by atoms with Crippen molar-refractivity contribution in [3.8, 4) is 6.07 Å². The second kappa shape index (κ2) is 7.29. The zero-order chi connectivity index (χ0) is 16.9. The molecule has 122 valence electrons. The molecule has 0 bridgehead atoms. The Kier molecular flexibility index (Phi) is 4.93. The van der Waals surface area contributed by atoms with E-state index in [0.29, 0.717) is 12.1 Å². The Balaban J connectivity index is 2.06. The number of rotatable bonds is 6. The Morgan fingerprint density at radius 3 is 2.71 bits per heavy atom. The fourth-order valence-electron chi connectivity index (χ4n) is 3.03. The van der Waals surface area contributed by atoms with E-state index in [-0.39, 0.29) is 6.04 Å². The van der Waals surface area contributed by atoms with Crippen molar-refractivity contribution in [2.75, 3.05) is 0 Å². The van der Waals surface area contributed by atoms with Crippen molar-refractivity contribution >= 4 is 11.0 Å². The van der Waals surface area contributed by atoms with Gasteiger partial charge in [0.05, 0.1) is 35.3 Å². The van der Waals surface area contributed by atoms with Crippen LogP contribution >= 0.6 is 0 Å². The first-order valence-corrected chi connectivity index (χ1v) is 8.43. The van der Waals surface area contributed by atoms with Crippen LogP contribution in [0.5, 0.6) is 0 Å². The molecule has 2 N–H and O–H groups in total. The molecule has 1 aromatic heterocycles. The summed E-state index contributed by atoms with van der Waals surface area (Å²) >= 11 is 0. The maximum absolute atomic E-state index is 9.36. The summed E-state index contributed by atoms with van der Waals surface area (Å²) in [6.45, 7) is 2.78. The lowest BCUT2D eigenvalue weighted by molar-refractivity contribution is 0.551. The van der Waals surface area contributed by atoms with Crippen molar-refractivity contribution < 1.29 is 0 Å². The Hall–Kier alpha value is -2.64. The summed E-state index contributed by atoms with van der Waals surface area (Å²) < 4.78 is 2.16. The van der Waals surface area contributed by atoms with Gasteiger partial charge in [-0.05, 0) is 30.2 Å². The molecule has 0 aliphatic heterocycles. The average Bonchev–Trinajstić information content (AvgIpc) is 2.99. The van der Waals surface area contributed by atoms with E-state index < -0.39 is 0 Å². The number of aromatic nitrogens is 2. The number of nitriles is 1. The molecule has 0 aliphatic rings. The Morgan fingerprint density at radius 2 is 1.92 bits per heavy atom. The monoisotopic (exact) mass is 318 g/mol. The molecule has 0 saturated heterocycles. The van der Waals surface area contributed by atoms with Gasteiger partial charge in [-0.15, -0.1) is 0 Å². The van der Waals surface area contributed by atoms with E-state index in [1.807, 2.05) is 42.5 Å². The highest BCUT2D eigenvalue weighted by Crippen LogP contribution is 2.24. The Bertz CT molecular complexity index is 873. The third-order valence-electron chi connectivity index (χ3n) is 4.35. The van der Waals surface area contributed by atoms with Gasteiger partial charge in [-0.1, -0.05) is 50.1 Å². The molecule has 0 amide bonds. The molecule has 0 fully saturated rings. The van der Waals surface area contributed by atoms with Gasteiger partial charge in [0, 0.05) is 0 Å². The van der Waals surface area contributed by atoms with Crippen LogP contribution in [0.3, 0.4) is 0 Å². The third kappa shape index (κ3) is 3.17. The second-order valence-corrected chi connectivity index (χ2v) is 6.06. The zero-order valence-corrected chi connectivity index (χ0v) is 13.9. The molecule has 0 aliphatic carbocycles. The summed E-state index contributed by atoms with van der Waals surface area (Å²) in [5, 5.41) is 9.36. The van der Waals surface area contributed by atoms with Crippen molar-refractivity contribution in [2.24, 2.45) is 5.73 Å². The van der Waals surface area contributed by atoms with Crippen LogP contribution in [0.15, 0.2) is 48.5 Å². The predicted octanol–water partition coefficient (Wildman–Crippen LogP) is 4.15. The zero-order valence-electron chi connectivity index (χ0n) is 13.9. The lowest BCUT2D eigenvalue weighted by Gasteiger charge is -2.15. The summed E-state index contributed by atoms with van der Waals surface area (Å²) in [5.74, 6) is 0.900. The third-order valence-corrected chi connectivity index (χ3v) is 4.35. The minimum Gasteiger partial charge on any atom is -0.322 e. The first-order valence-electron chi connectivity index (χ1n) is 8.43. The van der Waals surface area contributed by atoms with Crippen molar-refractivity contribution in [3.05, 3.63) is 65.5 Å². The number of imidazole rings is 1. The number of nitrogens with zero attached hydrogens (tertiary/aromatic N) is 3. The summed E-state index contributed by atoms with van der Waals surface area (Å²) in [5.41, 5.74) is 10.1. The normalized spacial score (nSPS) is 12.2. The van der Waals surface area contributed by atoms with E-state index in [1.54, 1.807) is 0 Å². The molecule has 0 spiro atoms. The number of fused-ring (bicyclic) bond motifs is 1. The van der Waals surface area contributed by atoms with Crippen molar-refractivity contribution in [3.63, 3.8) is 0 Å². The van der Waals surface area contributed by atoms with Crippen LogP contribution in [0, 0.1) is 11.3 Å². The van der Waals surface area contributed by atoms with Gasteiger partial charge in [0.25, 0.3) is 0 Å². The van der Waals surface area contributed by atoms with Gasteiger partial charge in [0.2, 0.25) is 0 Å². The van der Waals surface area contributed by atoms with E-state index in [1.165, 1.54) is 0 Å². The standard InChI is InChI=1S/C20H22N4/c1-2-3-10-17(22)20-23-18-11-6-7-12-19(18)24(20)14-16-9-5-4-8-15(16)13-21/h4-9,11-12,17H,2-3,10,14,22H2,1H3. The van der Waals surface area contributed by atoms with E-state index in [2.05, 4.69) is 23.6 Å². The molecular weight excluding hydrogens is 296 g/mol. The SMILES string of the molecule is CCCCC(N)c1nc2ccccc2n1Cc1ccccc1C#N. The highest BCUT2D eigenvalue weighted by atomic mass is 15.1. The molecule has 3 rings (SSSR count).